The Morgan fingerprint density at radius 2 is 2.21 bits per heavy atom. The van der Waals surface area contributed by atoms with Gasteiger partial charge in [0, 0.05) is 22.8 Å². The first kappa shape index (κ1) is 16.5. The van der Waals surface area contributed by atoms with E-state index in [0.29, 0.717) is 13.0 Å². The van der Waals surface area contributed by atoms with Gasteiger partial charge in [-0.3, -0.25) is 4.79 Å². The van der Waals surface area contributed by atoms with E-state index in [-0.39, 0.29) is 18.4 Å². The van der Waals surface area contributed by atoms with Crippen molar-refractivity contribution in [1.29, 1.82) is 0 Å². The van der Waals surface area contributed by atoms with Gasteiger partial charge in [-0.2, -0.15) is 0 Å². The highest BCUT2D eigenvalue weighted by Crippen LogP contribution is 2.32. The Kier molecular flexibility index (Phi) is 6.83. The first-order valence-electron chi connectivity index (χ1n) is 6.74. The van der Waals surface area contributed by atoms with Crippen LogP contribution in [0.15, 0.2) is 0 Å². The van der Waals surface area contributed by atoms with Crippen LogP contribution in [0.3, 0.4) is 0 Å². The average Bonchev–Trinajstić information content (AvgIpc) is 2.68. The lowest BCUT2D eigenvalue weighted by Gasteiger charge is -2.14. The largest absolute Gasteiger partial charge is 0.466 e. The van der Waals surface area contributed by atoms with E-state index in [1.54, 1.807) is 0 Å². The zero-order valence-electron chi connectivity index (χ0n) is 11.6. The summed E-state index contributed by atoms with van der Waals surface area (Å²) in [5, 5.41) is 3.42. The number of hydrogen-bond donors (Lipinski definition) is 1. The minimum Gasteiger partial charge on any atom is -0.466 e. The minimum absolute atomic E-state index is 0. The fourth-order valence-corrected chi connectivity index (χ4v) is 3.82. The Hall–Kier alpha value is -0.580. The number of thiophene rings is 1. The Balaban J connectivity index is 0.00000180. The maximum absolute atomic E-state index is 11.7. The number of nitrogens with one attached hydrogen (secondary N) is 1. The van der Waals surface area contributed by atoms with Gasteiger partial charge in [-0.05, 0) is 30.9 Å². The molecule has 0 aromatic carbocycles. The lowest BCUT2D eigenvalue weighted by molar-refractivity contribution is -0.142. The molecule has 2 rings (SSSR count). The van der Waals surface area contributed by atoms with Crippen LogP contribution in [0.4, 0.5) is 0 Å². The number of halogens is 1. The number of esters is 1. The van der Waals surface area contributed by atoms with E-state index in [1.807, 2.05) is 18.3 Å². The van der Waals surface area contributed by atoms with E-state index >= 15 is 0 Å². The van der Waals surface area contributed by atoms with Crippen molar-refractivity contribution < 1.29 is 9.53 Å². The number of carbonyl (C=O) groups is 1. The summed E-state index contributed by atoms with van der Waals surface area (Å²) in [6.07, 6.45) is 3.74. The van der Waals surface area contributed by atoms with Gasteiger partial charge < -0.3 is 10.1 Å². The first-order valence-corrected chi connectivity index (χ1v) is 7.56. The van der Waals surface area contributed by atoms with Crippen molar-refractivity contribution >= 4 is 29.7 Å². The molecular weight excluding hydrogens is 282 g/mol. The van der Waals surface area contributed by atoms with Crippen molar-refractivity contribution in [1.82, 2.24) is 5.32 Å². The van der Waals surface area contributed by atoms with Crippen LogP contribution in [-0.4, -0.2) is 19.1 Å². The molecule has 0 saturated carbocycles. The zero-order valence-corrected chi connectivity index (χ0v) is 13.2. The van der Waals surface area contributed by atoms with Gasteiger partial charge in [-0.25, -0.2) is 0 Å². The molecule has 0 radical (unpaired) electrons. The molecule has 0 bridgehead atoms. The van der Waals surface area contributed by atoms with Crippen LogP contribution in [0.5, 0.6) is 0 Å². The quantitative estimate of drug-likeness (QED) is 0.850. The predicted molar refractivity (Wildman–Crippen MR) is 81.3 cm³/mol. The molecule has 0 aliphatic carbocycles. The Labute approximate surface area is 125 Å². The smallest absolute Gasteiger partial charge is 0.311 e. The summed E-state index contributed by atoms with van der Waals surface area (Å²) >= 11 is 1.82. The molecule has 1 N–H and O–H groups in total. The van der Waals surface area contributed by atoms with Gasteiger partial charge in [0.2, 0.25) is 0 Å². The molecule has 1 aliphatic heterocycles. The average molecular weight is 304 g/mol. The second-order valence-electron chi connectivity index (χ2n) is 4.56. The van der Waals surface area contributed by atoms with Crippen molar-refractivity contribution in [3.8, 4) is 0 Å². The second kappa shape index (κ2) is 7.88. The molecular formula is C14H22ClNO2S. The number of hydrogen-bond acceptors (Lipinski definition) is 4. The third-order valence-corrected chi connectivity index (χ3v) is 4.56. The molecule has 0 atom stereocenters. The summed E-state index contributed by atoms with van der Waals surface area (Å²) in [4.78, 5) is 14.3. The number of carbonyl (C=O) groups excluding carboxylic acids is 1. The maximum atomic E-state index is 11.7. The van der Waals surface area contributed by atoms with Gasteiger partial charge in [-0.15, -0.1) is 23.7 Å². The Bertz CT molecular complexity index is 431. The zero-order chi connectivity index (χ0) is 13.0. The molecule has 0 unspecified atom stereocenters. The molecule has 0 fully saturated rings. The van der Waals surface area contributed by atoms with Crippen LogP contribution in [-0.2, 0) is 35.3 Å². The van der Waals surface area contributed by atoms with E-state index in [2.05, 4.69) is 12.2 Å². The highest BCUT2D eigenvalue weighted by Gasteiger charge is 2.21. The van der Waals surface area contributed by atoms with Gasteiger partial charge in [0.05, 0.1) is 13.0 Å². The Morgan fingerprint density at radius 3 is 2.89 bits per heavy atom. The minimum atomic E-state index is -0.0959. The molecule has 2 heterocycles. The summed E-state index contributed by atoms with van der Waals surface area (Å²) in [5.41, 5.74) is 2.85. The van der Waals surface area contributed by atoms with Gasteiger partial charge in [0.1, 0.15) is 0 Å². The van der Waals surface area contributed by atoms with Crippen LogP contribution >= 0.6 is 23.7 Å². The highest BCUT2D eigenvalue weighted by molar-refractivity contribution is 7.12. The van der Waals surface area contributed by atoms with Gasteiger partial charge in [-0.1, -0.05) is 13.3 Å². The maximum Gasteiger partial charge on any atom is 0.311 e. The fourth-order valence-electron chi connectivity index (χ4n) is 2.46. The van der Waals surface area contributed by atoms with E-state index in [0.717, 1.165) is 32.4 Å². The lowest BCUT2D eigenvalue weighted by Crippen LogP contribution is -2.23. The number of ether oxygens (including phenoxy) is 1. The molecule has 1 aromatic rings. The lowest BCUT2D eigenvalue weighted by atomic mass is 10.00. The molecule has 0 spiro atoms. The van der Waals surface area contributed by atoms with E-state index in [9.17, 15) is 4.79 Å². The van der Waals surface area contributed by atoms with Crippen LogP contribution in [0.25, 0.3) is 0 Å². The second-order valence-corrected chi connectivity index (χ2v) is 5.75. The number of fused-ring (bicyclic) bond motifs is 1. The third-order valence-electron chi connectivity index (χ3n) is 3.22. The molecule has 3 nitrogen and oxygen atoms in total. The molecule has 19 heavy (non-hydrogen) atoms. The van der Waals surface area contributed by atoms with Crippen molar-refractivity contribution in [2.24, 2.45) is 0 Å². The summed E-state index contributed by atoms with van der Waals surface area (Å²) in [6.45, 7) is 6.53. The molecule has 1 aliphatic rings. The molecule has 0 amide bonds. The molecule has 0 saturated heterocycles. The summed E-state index contributed by atoms with van der Waals surface area (Å²) in [5.74, 6) is -0.0959. The normalized spacial score (nSPS) is 13.6. The fraction of sp³-hybridized carbons (Fsp3) is 0.643. The number of rotatable bonds is 5. The van der Waals surface area contributed by atoms with Crippen LogP contribution < -0.4 is 5.32 Å². The van der Waals surface area contributed by atoms with E-state index in [1.165, 1.54) is 20.9 Å². The van der Waals surface area contributed by atoms with Crippen LogP contribution in [0, 0.1) is 0 Å². The van der Waals surface area contributed by atoms with Crippen molar-refractivity contribution in [3.05, 3.63) is 20.9 Å². The highest BCUT2D eigenvalue weighted by atomic mass is 35.5. The standard InChI is InChI=1S/C14H21NO2S.ClH/c1-3-5-10-11-9-15-7-6-12(11)18-13(10)8-14(16)17-4-2;/h15H,3-9H2,1-2H3;1H. The third kappa shape index (κ3) is 3.94. The monoisotopic (exact) mass is 303 g/mol. The first-order chi connectivity index (χ1) is 8.76. The SMILES string of the molecule is CCCc1c(CC(=O)OCC)sc2c1CNCC2.Cl. The topological polar surface area (TPSA) is 38.3 Å². The summed E-state index contributed by atoms with van der Waals surface area (Å²) in [7, 11) is 0. The summed E-state index contributed by atoms with van der Waals surface area (Å²) in [6, 6.07) is 0. The van der Waals surface area contributed by atoms with E-state index in [4.69, 9.17) is 4.74 Å². The van der Waals surface area contributed by atoms with Crippen LogP contribution in [0.2, 0.25) is 0 Å². The van der Waals surface area contributed by atoms with Crippen molar-refractivity contribution in [3.63, 3.8) is 0 Å². The van der Waals surface area contributed by atoms with Gasteiger partial charge in [0.25, 0.3) is 0 Å². The van der Waals surface area contributed by atoms with Crippen molar-refractivity contribution in [2.75, 3.05) is 13.2 Å². The van der Waals surface area contributed by atoms with Crippen molar-refractivity contribution in [2.45, 2.75) is 46.1 Å². The molecule has 1 aromatic heterocycles. The van der Waals surface area contributed by atoms with Crippen LogP contribution in [0.1, 0.15) is 41.1 Å². The summed E-state index contributed by atoms with van der Waals surface area (Å²) < 4.78 is 5.06. The van der Waals surface area contributed by atoms with Gasteiger partial charge >= 0.3 is 5.97 Å². The molecule has 5 heteroatoms. The Morgan fingerprint density at radius 1 is 1.42 bits per heavy atom. The van der Waals surface area contributed by atoms with E-state index < -0.39 is 0 Å². The predicted octanol–water partition coefficient (Wildman–Crippen LogP) is 2.87. The molecule has 108 valence electrons. The van der Waals surface area contributed by atoms with Gasteiger partial charge in [0.15, 0.2) is 0 Å².